The molecule has 0 atom stereocenters. The van der Waals surface area contributed by atoms with Crippen LogP contribution in [0.25, 0.3) is 0 Å². The lowest BCUT2D eigenvalue weighted by atomic mass is 10.1. The molecule has 1 saturated heterocycles. The first kappa shape index (κ1) is 21.7. The molecule has 4 rings (SSSR count). The summed E-state index contributed by atoms with van der Waals surface area (Å²) in [5, 5.41) is 8.14. The number of amides is 3. The van der Waals surface area contributed by atoms with Gasteiger partial charge in [0, 0.05) is 24.9 Å². The molecule has 2 aromatic carbocycles. The number of thiazole rings is 1. The molecule has 1 aliphatic rings. The zero-order valence-corrected chi connectivity index (χ0v) is 18.6. The molecule has 7 nitrogen and oxygen atoms in total. The van der Waals surface area contributed by atoms with Crippen LogP contribution in [0.1, 0.15) is 40.0 Å². The quantitative estimate of drug-likeness (QED) is 0.577. The molecule has 8 heteroatoms. The Morgan fingerprint density at radius 2 is 1.91 bits per heavy atom. The fourth-order valence-corrected chi connectivity index (χ4v) is 4.35. The fourth-order valence-electron chi connectivity index (χ4n) is 3.48. The van der Waals surface area contributed by atoms with Crippen LogP contribution in [0.15, 0.2) is 53.9 Å². The molecular formula is C24H24N4O3S. The van der Waals surface area contributed by atoms with E-state index in [1.165, 1.54) is 11.3 Å². The maximum Gasteiger partial charge on any atom is 0.253 e. The highest BCUT2D eigenvalue weighted by Gasteiger charge is 2.24. The average Bonchev–Trinajstić information content (AvgIpc) is 3.42. The summed E-state index contributed by atoms with van der Waals surface area (Å²) in [4.78, 5) is 43.3. The van der Waals surface area contributed by atoms with Crippen LogP contribution < -0.4 is 15.5 Å². The van der Waals surface area contributed by atoms with Crippen LogP contribution >= 0.6 is 11.3 Å². The zero-order valence-electron chi connectivity index (χ0n) is 17.8. The number of benzene rings is 2. The van der Waals surface area contributed by atoms with E-state index in [2.05, 4.69) is 15.6 Å². The number of nitrogens with one attached hydrogen (secondary N) is 2. The Bertz CT molecular complexity index is 1140. The van der Waals surface area contributed by atoms with E-state index in [1.807, 2.05) is 31.2 Å². The van der Waals surface area contributed by atoms with E-state index in [1.54, 1.807) is 34.5 Å². The van der Waals surface area contributed by atoms with Gasteiger partial charge in [-0.1, -0.05) is 42.0 Å². The van der Waals surface area contributed by atoms with Crippen molar-refractivity contribution in [1.29, 1.82) is 0 Å². The Morgan fingerprint density at radius 1 is 1.12 bits per heavy atom. The summed E-state index contributed by atoms with van der Waals surface area (Å²) in [6.45, 7) is 3.08. The second-order valence-electron chi connectivity index (χ2n) is 7.71. The number of hydrogen-bond donors (Lipinski definition) is 2. The van der Waals surface area contributed by atoms with Gasteiger partial charge in [0.2, 0.25) is 11.8 Å². The molecule has 0 spiro atoms. The summed E-state index contributed by atoms with van der Waals surface area (Å²) in [6.07, 6.45) is 1.44. The van der Waals surface area contributed by atoms with Crippen LogP contribution in [0.5, 0.6) is 0 Å². The van der Waals surface area contributed by atoms with E-state index in [4.69, 9.17) is 0 Å². The van der Waals surface area contributed by atoms with Crippen molar-refractivity contribution >= 4 is 39.9 Å². The fraction of sp³-hybridized carbons (Fsp3) is 0.250. The molecular weight excluding hydrogens is 424 g/mol. The van der Waals surface area contributed by atoms with Crippen molar-refractivity contribution in [2.75, 3.05) is 16.8 Å². The smallest absolute Gasteiger partial charge is 0.253 e. The summed E-state index contributed by atoms with van der Waals surface area (Å²) in [7, 11) is 0. The molecule has 0 unspecified atom stereocenters. The summed E-state index contributed by atoms with van der Waals surface area (Å²) in [6, 6.07) is 14.9. The van der Waals surface area contributed by atoms with Crippen LogP contribution in [0.3, 0.4) is 0 Å². The number of hydrogen-bond acceptors (Lipinski definition) is 5. The van der Waals surface area contributed by atoms with Gasteiger partial charge >= 0.3 is 0 Å². The number of nitrogens with zero attached hydrogens (tertiary/aromatic N) is 2. The summed E-state index contributed by atoms with van der Waals surface area (Å²) >= 11 is 1.36. The lowest BCUT2D eigenvalue weighted by Gasteiger charge is -2.12. The van der Waals surface area contributed by atoms with Gasteiger partial charge in [0.25, 0.3) is 5.91 Å². The normalized spacial score (nSPS) is 13.3. The van der Waals surface area contributed by atoms with Gasteiger partial charge in [-0.3, -0.25) is 19.3 Å². The molecule has 0 radical (unpaired) electrons. The maximum absolute atomic E-state index is 12.7. The third kappa shape index (κ3) is 5.20. The van der Waals surface area contributed by atoms with Crippen molar-refractivity contribution in [3.05, 3.63) is 76.3 Å². The number of aromatic nitrogens is 1. The van der Waals surface area contributed by atoms with Crippen LogP contribution in [-0.4, -0.2) is 29.3 Å². The summed E-state index contributed by atoms with van der Waals surface area (Å²) in [5.74, 6) is -0.459. The first-order valence-corrected chi connectivity index (χ1v) is 11.3. The summed E-state index contributed by atoms with van der Waals surface area (Å²) < 4.78 is 0. The highest BCUT2D eigenvalue weighted by atomic mass is 32.1. The van der Waals surface area contributed by atoms with E-state index in [0.717, 1.165) is 17.5 Å². The molecule has 0 aliphatic carbocycles. The van der Waals surface area contributed by atoms with Crippen LogP contribution in [0, 0.1) is 6.92 Å². The van der Waals surface area contributed by atoms with E-state index in [-0.39, 0.29) is 24.1 Å². The largest absolute Gasteiger partial charge is 0.348 e. The Labute approximate surface area is 190 Å². The van der Waals surface area contributed by atoms with Crippen LogP contribution in [0.2, 0.25) is 0 Å². The highest BCUT2D eigenvalue weighted by molar-refractivity contribution is 7.14. The third-order valence-electron chi connectivity index (χ3n) is 5.21. The first-order chi connectivity index (χ1) is 15.5. The number of aryl methyl sites for hydroxylation is 1. The summed E-state index contributed by atoms with van der Waals surface area (Å²) in [5.41, 5.74) is 3.61. The minimum absolute atomic E-state index is 0.0673. The molecule has 3 amide bonds. The van der Waals surface area contributed by atoms with E-state index in [0.29, 0.717) is 41.6 Å². The predicted octanol–water partition coefficient (Wildman–Crippen LogP) is 3.69. The Kier molecular flexibility index (Phi) is 6.61. The number of para-hydroxylation sites is 1. The minimum Gasteiger partial charge on any atom is -0.348 e. The molecule has 3 aromatic rings. The maximum atomic E-state index is 12.7. The van der Waals surface area contributed by atoms with Crippen molar-refractivity contribution in [2.45, 2.75) is 32.7 Å². The van der Waals surface area contributed by atoms with Gasteiger partial charge in [0.05, 0.1) is 23.4 Å². The van der Waals surface area contributed by atoms with Gasteiger partial charge in [0.1, 0.15) is 0 Å². The van der Waals surface area contributed by atoms with Gasteiger partial charge in [-0.2, -0.15) is 0 Å². The van der Waals surface area contributed by atoms with Crippen molar-refractivity contribution in [3.63, 3.8) is 0 Å². The standard InChI is InChI=1S/C24H24N4O3S/c1-16-8-10-17(11-9-16)14-25-23(31)19-5-2-3-6-20(19)27-21(29)13-18-15-32-24(26-18)28-12-4-7-22(28)30/h2-3,5-6,8-11,15H,4,7,12-14H2,1H3,(H,25,31)(H,27,29). The molecule has 2 N–H and O–H groups in total. The molecule has 0 bridgehead atoms. The highest BCUT2D eigenvalue weighted by Crippen LogP contribution is 2.25. The molecule has 1 fully saturated rings. The van der Waals surface area contributed by atoms with Crippen molar-refractivity contribution in [1.82, 2.24) is 10.3 Å². The van der Waals surface area contributed by atoms with E-state index >= 15 is 0 Å². The first-order valence-electron chi connectivity index (χ1n) is 10.5. The lowest BCUT2D eigenvalue weighted by molar-refractivity contribution is -0.117. The van der Waals surface area contributed by atoms with Crippen molar-refractivity contribution < 1.29 is 14.4 Å². The monoisotopic (exact) mass is 448 g/mol. The van der Waals surface area contributed by atoms with Crippen LogP contribution in [-0.2, 0) is 22.6 Å². The molecule has 1 aromatic heterocycles. The van der Waals surface area contributed by atoms with Gasteiger partial charge < -0.3 is 10.6 Å². The Hall–Kier alpha value is -3.52. The molecule has 2 heterocycles. The number of rotatable bonds is 7. The Balaban J connectivity index is 1.37. The third-order valence-corrected chi connectivity index (χ3v) is 6.12. The van der Waals surface area contributed by atoms with E-state index in [9.17, 15) is 14.4 Å². The van der Waals surface area contributed by atoms with E-state index < -0.39 is 0 Å². The number of carbonyl (C=O) groups is 3. The van der Waals surface area contributed by atoms with Gasteiger partial charge in [0.15, 0.2) is 5.13 Å². The number of carbonyl (C=O) groups excluding carboxylic acids is 3. The number of anilines is 2. The SMILES string of the molecule is Cc1ccc(CNC(=O)c2ccccc2NC(=O)Cc2csc(N3CCCC3=O)n2)cc1. The second-order valence-corrected chi connectivity index (χ2v) is 8.55. The lowest BCUT2D eigenvalue weighted by Crippen LogP contribution is -2.25. The molecule has 1 aliphatic heterocycles. The van der Waals surface area contributed by atoms with Crippen molar-refractivity contribution in [3.8, 4) is 0 Å². The average molecular weight is 449 g/mol. The Morgan fingerprint density at radius 3 is 2.66 bits per heavy atom. The molecule has 0 saturated carbocycles. The second kappa shape index (κ2) is 9.74. The van der Waals surface area contributed by atoms with Gasteiger partial charge in [-0.15, -0.1) is 11.3 Å². The van der Waals surface area contributed by atoms with Gasteiger partial charge in [-0.25, -0.2) is 4.98 Å². The van der Waals surface area contributed by atoms with Crippen LogP contribution in [0.4, 0.5) is 10.8 Å². The molecule has 164 valence electrons. The van der Waals surface area contributed by atoms with Crippen molar-refractivity contribution in [2.24, 2.45) is 0 Å². The minimum atomic E-state index is -0.270. The zero-order chi connectivity index (χ0) is 22.5. The predicted molar refractivity (Wildman–Crippen MR) is 125 cm³/mol. The van der Waals surface area contributed by atoms with Gasteiger partial charge in [-0.05, 0) is 31.0 Å². The molecule has 32 heavy (non-hydrogen) atoms. The topological polar surface area (TPSA) is 91.4 Å².